The number of phenolic OH excluding ortho intramolecular Hbond substituents is 1. The highest BCUT2D eigenvalue weighted by molar-refractivity contribution is 7.16. The van der Waals surface area contributed by atoms with Crippen molar-refractivity contribution in [1.82, 2.24) is 20.1 Å². The van der Waals surface area contributed by atoms with Gasteiger partial charge in [-0.2, -0.15) is 0 Å². The molecule has 2 heterocycles. The highest BCUT2D eigenvalue weighted by Crippen LogP contribution is 2.40. The lowest BCUT2D eigenvalue weighted by atomic mass is 10.0. The molecule has 1 aliphatic heterocycles. The Balaban J connectivity index is 0.736. The van der Waals surface area contributed by atoms with Crippen molar-refractivity contribution in [3.63, 3.8) is 0 Å². The Hall–Kier alpha value is -5.54. The van der Waals surface area contributed by atoms with Crippen molar-refractivity contribution in [2.24, 2.45) is 11.8 Å². The van der Waals surface area contributed by atoms with Crippen LogP contribution in [0.1, 0.15) is 55.8 Å². The molecule has 7 rings (SSSR count). The molecule has 1 aromatic heterocycles. The first-order valence-corrected chi connectivity index (χ1v) is 21.1. The molecule has 3 amide bonds. The number of likely N-dealkylation sites (tertiary alicyclic amines) is 1. The normalized spacial score (nSPS) is 18.0. The lowest BCUT2D eigenvalue weighted by molar-refractivity contribution is -0.130. The van der Waals surface area contributed by atoms with Crippen LogP contribution in [0.25, 0.3) is 21.3 Å². The van der Waals surface area contributed by atoms with E-state index in [9.17, 15) is 29.4 Å². The van der Waals surface area contributed by atoms with Crippen molar-refractivity contribution in [3.8, 4) is 16.9 Å². The molecule has 13 nitrogen and oxygen atoms in total. The molecule has 2 fully saturated rings. The summed E-state index contributed by atoms with van der Waals surface area (Å²) in [5, 5.41) is 29.8. The average molecular weight is 821 g/mol. The second kappa shape index (κ2) is 19.5. The number of thiazole rings is 1. The number of nitrogens with zero attached hydrogens (tertiary/aromatic N) is 2. The van der Waals surface area contributed by atoms with Gasteiger partial charge in [-0.1, -0.05) is 78.1 Å². The summed E-state index contributed by atoms with van der Waals surface area (Å²) < 4.78 is 6.41. The molecule has 1 saturated carbocycles. The minimum absolute atomic E-state index is 0.0315. The largest absolute Gasteiger partial charge is 0.506 e. The van der Waals surface area contributed by atoms with E-state index in [0.29, 0.717) is 72.2 Å². The number of fused-ring (bicyclic) bond motifs is 2. The van der Waals surface area contributed by atoms with Crippen molar-refractivity contribution in [2.75, 3.05) is 50.4 Å². The van der Waals surface area contributed by atoms with E-state index in [4.69, 9.17) is 4.74 Å². The quantitative estimate of drug-likeness (QED) is 0.0558. The number of rotatable bonds is 17. The van der Waals surface area contributed by atoms with Crippen LogP contribution in [0.3, 0.4) is 0 Å². The summed E-state index contributed by atoms with van der Waals surface area (Å²) >= 11 is 0.953. The number of unbranched alkanes of at least 4 members (excludes halogenated alkanes) is 1. The van der Waals surface area contributed by atoms with Gasteiger partial charge in [-0.3, -0.25) is 19.7 Å². The fraction of sp³-hybridized carbons (Fsp3) is 0.378. The number of hydrogen-bond donors (Lipinski definition) is 6. The Morgan fingerprint density at radius 2 is 1.64 bits per heavy atom. The van der Waals surface area contributed by atoms with Crippen molar-refractivity contribution >= 4 is 50.8 Å². The number of ether oxygens (including phenoxy) is 1. The molecular formula is C45H52N6O7S. The Bertz CT molecular complexity index is 2270. The Kier molecular flexibility index (Phi) is 13.7. The molecule has 14 heteroatoms. The van der Waals surface area contributed by atoms with Gasteiger partial charge in [0.15, 0.2) is 0 Å². The summed E-state index contributed by atoms with van der Waals surface area (Å²) in [6.07, 6.45) is 2.46. The lowest BCUT2D eigenvalue weighted by Gasteiger charge is -2.21. The van der Waals surface area contributed by atoms with Crippen molar-refractivity contribution < 1.29 is 29.3 Å². The zero-order valence-electron chi connectivity index (χ0n) is 33.2. The molecule has 4 atom stereocenters. The van der Waals surface area contributed by atoms with Crippen LogP contribution in [0.4, 0.5) is 16.2 Å². The number of nitrogens with one attached hydrogen (secondary N) is 4. The second-order valence-electron chi connectivity index (χ2n) is 15.6. The molecule has 310 valence electrons. The van der Waals surface area contributed by atoms with Crippen LogP contribution >= 0.6 is 11.3 Å². The number of aromatic hydroxyl groups is 1. The molecule has 1 aliphatic carbocycles. The first kappa shape index (κ1) is 41.6. The first-order chi connectivity index (χ1) is 28.6. The van der Waals surface area contributed by atoms with Gasteiger partial charge in [0.05, 0.1) is 16.5 Å². The SMILES string of the molecule is CN(CCCCC(=O)Nc1ccc(CNC[C@H](O)c2ccc(O)c3[nH]c(=O)sc23)cc1)C(=O)CCN1C[C@H]2C[C@H](OC(=O)Nc3ccccc3-c3ccccc3)C[C@H]2C1. The number of aromatic amines is 1. The molecule has 2 aliphatic rings. The predicted octanol–water partition coefficient (Wildman–Crippen LogP) is 6.70. The third-order valence-electron chi connectivity index (χ3n) is 11.4. The molecule has 0 radical (unpaired) electrons. The maximum absolute atomic E-state index is 12.9. The van der Waals surface area contributed by atoms with E-state index >= 15 is 0 Å². The van der Waals surface area contributed by atoms with Gasteiger partial charge in [0.25, 0.3) is 0 Å². The van der Waals surface area contributed by atoms with Crippen LogP contribution in [-0.2, 0) is 20.9 Å². The van der Waals surface area contributed by atoms with E-state index in [1.165, 1.54) is 6.07 Å². The van der Waals surface area contributed by atoms with Crippen molar-refractivity contribution in [1.29, 1.82) is 0 Å². The second-order valence-corrected chi connectivity index (χ2v) is 16.6. The van der Waals surface area contributed by atoms with Crippen LogP contribution in [0.2, 0.25) is 0 Å². The number of carbonyl (C=O) groups is 3. The number of aliphatic hydroxyl groups excluding tert-OH is 1. The minimum Gasteiger partial charge on any atom is -0.506 e. The van der Waals surface area contributed by atoms with Gasteiger partial charge in [-0.15, -0.1) is 0 Å². The van der Waals surface area contributed by atoms with Crippen molar-refractivity contribution in [2.45, 2.75) is 57.3 Å². The summed E-state index contributed by atoms with van der Waals surface area (Å²) in [6, 6.07) is 28.3. The first-order valence-electron chi connectivity index (χ1n) is 20.3. The number of benzene rings is 4. The van der Waals surface area contributed by atoms with E-state index in [1.807, 2.05) is 85.9 Å². The number of H-pyrrole nitrogens is 1. The zero-order valence-corrected chi connectivity index (χ0v) is 34.0. The molecule has 0 spiro atoms. The van der Waals surface area contributed by atoms with Gasteiger partial charge in [0, 0.05) is 76.0 Å². The third kappa shape index (κ3) is 10.9. The van der Waals surface area contributed by atoms with Gasteiger partial charge >= 0.3 is 11.0 Å². The summed E-state index contributed by atoms with van der Waals surface area (Å²) in [4.78, 5) is 56.6. The number of anilines is 2. The van der Waals surface area contributed by atoms with Crippen LogP contribution in [0.5, 0.6) is 5.75 Å². The predicted molar refractivity (Wildman–Crippen MR) is 230 cm³/mol. The van der Waals surface area contributed by atoms with E-state index in [2.05, 4.69) is 25.8 Å². The molecule has 4 aromatic carbocycles. The van der Waals surface area contributed by atoms with E-state index in [-0.39, 0.29) is 35.1 Å². The summed E-state index contributed by atoms with van der Waals surface area (Å²) in [5.41, 5.74) is 5.27. The lowest BCUT2D eigenvalue weighted by Crippen LogP contribution is -2.33. The van der Waals surface area contributed by atoms with Crippen LogP contribution in [0, 0.1) is 11.8 Å². The monoisotopic (exact) mass is 820 g/mol. The van der Waals surface area contributed by atoms with Gasteiger partial charge in [-0.25, -0.2) is 4.79 Å². The maximum atomic E-state index is 12.9. The van der Waals surface area contributed by atoms with Gasteiger partial charge < -0.3 is 40.4 Å². The van der Waals surface area contributed by atoms with Crippen LogP contribution in [-0.4, -0.2) is 88.8 Å². The number of para-hydroxylation sites is 1. The Morgan fingerprint density at radius 3 is 2.41 bits per heavy atom. The van der Waals surface area contributed by atoms with Crippen molar-refractivity contribution in [3.05, 3.63) is 112 Å². The summed E-state index contributed by atoms with van der Waals surface area (Å²) in [5.74, 6) is 0.893. The number of aliphatic hydroxyl groups is 1. The number of hydrogen-bond acceptors (Lipinski definition) is 10. The van der Waals surface area contributed by atoms with Gasteiger partial charge in [-0.05, 0) is 72.9 Å². The Labute approximate surface area is 347 Å². The third-order valence-corrected chi connectivity index (χ3v) is 12.3. The topological polar surface area (TPSA) is 176 Å². The van der Waals surface area contributed by atoms with E-state index in [0.717, 1.165) is 66.1 Å². The number of carbonyl (C=O) groups excluding carboxylic acids is 3. The number of amides is 3. The van der Waals surface area contributed by atoms with Crippen LogP contribution in [0.15, 0.2) is 95.8 Å². The number of phenols is 1. The molecule has 0 bridgehead atoms. The minimum atomic E-state index is -0.869. The Morgan fingerprint density at radius 1 is 0.915 bits per heavy atom. The number of aromatic nitrogens is 1. The maximum Gasteiger partial charge on any atom is 0.411 e. The molecule has 59 heavy (non-hydrogen) atoms. The summed E-state index contributed by atoms with van der Waals surface area (Å²) in [7, 11) is 1.82. The standard InChI is InChI=1S/C45H52N6O7S/c1-50(21-8-7-13-40(54)47-33-16-14-29(15-17-33)25-46-26-39(53)36-18-19-38(52)42-43(36)59-45(57)49-42)41(55)20-22-51-27-31-23-34(24-32(31)28-51)58-44(56)48-37-12-6-5-11-35(37)30-9-3-2-4-10-30/h2-6,9-12,14-19,31-32,34,39,46,52-53H,7-8,13,20-28H2,1H3,(H,47,54)(H,48,56)(H,49,57)/t31-,32+,34+,39-/m0/s1. The molecule has 5 aromatic rings. The van der Waals surface area contributed by atoms with Gasteiger partial charge in [0.2, 0.25) is 11.8 Å². The van der Waals surface area contributed by atoms with Gasteiger partial charge in [0.1, 0.15) is 17.4 Å². The molecule has 0 unspecified atom stereocenters. The molecule has 1 saturated heterocycles. The average Bonchev–Trinajstić information content (AvgIpc) is 3.93. The summed E-state index contributed by atoms with van der Waals surface area (Å²) in [6.45, 7) is 3.85. The smallest absolute Gasteiger partial charge is 0.411 e. The fourth-order valence-electron chi connectivity index (χ4n) is 8.27. The zero-order chi connectivity index (χ0) is 41.3. The van der Waals surface area contributed by atoms with Crippen LogP contribution < -0.4 is 20.8 Å². The van der Waals surface area contributed by atoms with E-state index < -0.39 is 12.2 Å². The fourth-order valence-corrected chi connectivity index (χ4v) is 9.19. The molecule has 6 N–H and O–H groups in total. The highest BCUT2D eigenvalue weighted by Gasteiger charge is 2.42. The van der Waals surface area contributed by atoms with E-state index in [1.54, 1.807) is 11.0 Å². The highest BCUT2D eigenvalue weighted by atomic mass is 32.1. The molecular weight excluding hydrogens is 769 g/mol.